The van der Waals surface area contributed by atoms with E-state index in [2.05, 4.69) is 10.5 Å². The molecule has 0 unspecified atom stereocenters. The van der Waals surface area contributed by atoms with Crippen molar-refractivity contribution in [1.82, 2.24) is 5.43 Å². The zero-order valence-corrected chi connectivity index (χ0v) is 13.6. The van der Waals surface area contributed by atoms with Gasteiger partial charge in [0.25, 0.3) is 0 Å². The summed E-state index contributed by atoms with van der Waals surface area (Å²) in [5, 5.41) is 5.74. The molecule has 0 aliphatic carbocycles. The molecule has 2 aromatic rings. The number of rotatable bonds is 2. The average molecular weight is 354 g/mol. The fourth-order valence-electron chi connectivity index (χ4n) is 2.43. The highest BCUT2D eigenvalue weighted by Gasteiger charge is 2.30. The van der Waals surface area contributed by atoms with Crippen LogP contribution in [0.5, 0.6) is 0 Å². The van der Waals surface area contributed by atoms with Gasteiger partial charge in [0.2, 0.25) is 5.91 Å². The minimum absolute atomic E-state index is 0.215. The Kier molecular flexibility index (Phi) is 4.39. The van der Waals surface area contributed by atoms with Gasteiger partial charge < -0.3 is 0 Å². The van der Waals surface area contributed by atoms with Gasteiger partial charge in [-0.1, -0.05) is 53.0 Å². The number of hydrazone groups is 1. The predicted octanol–water partition coefficient (Wildman–Crippen LogP) is 4.65. The smallest absolute Gasteiger partial charge is 0.248 e. The second-order valence-electron chi connectivity index (χ2n) is 4.93. The first-order valence-corrected chi connectivity index (χ1v) is 7.76. The molecule has 6 heteroatoms. The average Bonchev–Trinajstić information content (AvgIpc) is 2.50. The molecule has 0 fully saturated rings. The molecular formula is C16H11Cl3N2O. The Morgan fingerprint density at radius 2 is 1.64 bits per heavy atom. The number of nitrogens with zero attached hydrogens (tertiary/aromatic N) is 1. The number of nitrogens with one attached hydrogen (secondary N) is 1. The van der Waals surface area contributed by atoms with Gasteiger partial charge in [-0.3, -0.25) is 4.79 Å². The summed E-state index contributed by atoms with van der Waals surface area (Å²) in [6.45, 7) is 0. The van der Waals surface area contributed by atoms with Gasteiger partial charge in [-0.25, -0.2) is 5.43 Å². The van der Waals surface area contributed by atoms with Crippen molar-refractivity contribution in [2.75, 3.05) is 0 Å². The van der Waals surface area contributed by atoms with Crippen molar-refractivity contribution in [3.05, 3.63) is 68.7 Å². The summed E-state index contributed by atoms with van der Waals surface area (Å²) in [7, 11) is 0. The van der Waals surface area contributed by atoms with Crippen LogP contribution < -0.4 is 5.43 Å². The van der Waals surface area contributed by atoms with Crippen molar-refractivity contribution in [2.24, 2.45) is 5.10 Å². The summed E-state index contributed by atoms with van der Waals surface area (Å²) < 4.78 is 0. The van der Waals surface area contributed by atoms with Crippen LogP contribution in [0.4, 0.5) is 0 Å². The second kappa shape index (κ2) is 6.29. The number of hydrogen-bond acceptors (Lipinski definition) is 2. The summed E-state index contributed by atoms with van der Waals surface area (Å²) in [6.07, 6.45) is 0.427. The van der Waals surface area contributed by atoms with Crippen LogP contribution >= 0.6 is 34.8 Å². The SMILES string of the molecule is O=C1NN=C(c2ccc(Cl)cc2)C[C@@H]1c1c(Cl)cccc1Cl. The molecule has 3 rings (SSSR count). The van der Waals surface area contributed by atoms with Gasteiger partial charge in [0.15, 0.2) is 0 Å². The maximum Gasteiger partial charge on any atom is 0.248 e. The number of amides is 1. The normalized spacial score (nSPS) is 17.9. The topological polar surface area (TPSA) is 41.5 Å². The summed E-state index contributed by atoms with van der Waals surface area (Å²) in [4.78, 5) is 12.2. The quantitative estimate of drug-likeness (QED) is 0.838. The molecule has 112 valence electrons. The Morgan fingerprint density at radius 3 is 2.27 bits per heavy atom. The predicted molar refractivity (Wildman–Crippen MR) is 90.0 cm³/mol. The van der Waals surface area contributed by atoms with Gasteiger partial charge in [0, 0.05) is 27.1 Å². The molecule has 1 aliphatic heterocycles. The molecule has 22 heavy (non-hydrogen) atoms. The zero-order chi connectivity index (χ0) is 15.7. The molecule has 0 spiro atoms. The van der Waals surface area contributed by atoms with E-state index < -0.39 is 5.92 Å². The van der Waals surface area contributed by atoms with Gasteiger partial charge in [-0.15, -0.1) is 0 Å². The van der Waals surface area contributed by atoms with Crippen LogP contribution in [0, 0.1) is 0 Å². The Hall–Kier alpha value is -1.55. The van der Waals surface area contributed by atoms with Gasteiger partial charge in [-0.05, 0) is 29.8 Å². The van der Waals surface area contributed by atoms with E-state index in [4.69, 9.17) is 34.8 Å². The molecule has 0 saturated heterocycles. The zero-order valence-electron chi connectivity index (χ0n) is 11.3. The third kappa shape index (κ3) is 2.98. The van der Waals surface area contributed by atoms with E-state index in [1.807, 2.05) is 12.1 Å². The molecule has 1 atom stereocenters. The Labute approximate surface area is 142 Å². The van der Waals surface area contributed by atoms with E-state index in [-0.39, 0.29) is 5.91 Å². The van der Waals surface area contributed by atoms with Crippen LogP contribution in [-0.4, -0.2) is 11.6 Å². The second-order valence-corrected chi connectivity index (χ2v) is 6.18. The number of carbonyl (C=O) groups excluding carboxylic acids is 1. The first kappa shape index (κ1) is 15.3. The molecule has 1 N–H and O–H groups in total. The van der Waals surface area contributed by atoms with Crippen molar-refractivity contribution < 1.29 is 4.79 Å². The number of benzene rings is 2. The lowest BCUT2D eigenvalue weighted by molar-refractivity contribution is -0.122. The van der Waals surface area contributed by atoms with Crippen LogP contribution in [-0.2, 0) is 4.79 Å². The summed E-state index contributed by atoms with van der Waals surface area (Å²) >= 11 is 18.3. The molecule has 0 saturated carbocycles. The molecule has 2 aromatic carbocycles. The standard InChI is InChI=1S/C16H11Cl3N2O/c17-10-6-4-9(5-7-10)14-8-11(16(22)21-20-14)15-12(18)2-1-3-13(15)19/h1-7,11H,8H2,(H,21,22)/t11-/m1/s1. The fraction of sp³-hybridized carbons (Fsp3) is 0.125. The number of carbonyl (C=O) groups is 1. The summed E-state index contributed by atoms with van der Waals surface area (Å²) in [5.74, 6) is -0.683. The first-order chi connectivity index (χ1) is 10.6. The van der Waals surface area contributed by atoms with Crippen LogP contribution in [0.3, 0.4) is 0 Å². The van der Waals surface area contributed by atoms with Crippen LogP contribution in [0.15, 0.2) is 47.6 Å². The van der Waals surface area contributed by atoms with Crippen molar-refractivity contribution in [3.8, 4) is 0 Å². The van der Waals surface area contributed by atoms with E-state index >= 15 is 0 Å². The maximum absolute atomic E-state index is 12.2. The molecule has 1 aliphatic rings. The van der Waals surface area contributed by atoms with Crippen molar-refractivity contribution in [1.29, 1.82) is 0 Å². The van der Waals surface area contributed by atoms with Crippen molar-refractivity contribution in [3.63, 3.8) is 0 Å². The lowest BCUT2D eigenvalue weighted by Crippen LogP contribution is -2.33. The van der Waals surface area contributed by atoms with Crippen molar-refractivity contribution in [2.45, 2.75) is 12.3 Å². The van der Waals surface area contributed by atoms with Gasteiger partial charge in [0.1, 0.15) is 0 Å². The van der Waals surface area contributed by atoms with E-state index in [1.54, 1.807) is 30.3 Å². The van der Waals surface area contributed by atoms with Crippen LogP contribution in [0.25, 0.3) is 0 Å². The molecular weight excluding hydrogens is 343 g/mol. The largest absolute Gasteiger partial charge is 0.272 e. The highest BCUT2D eigenvalue weighted by Crippen LogP contribution is 2.35. The molecule has 1 heterocycles. The maximum atomic E-state index is 12.2. The molecule has 0 radical (unpaired) electrons. The minimum Gasteiger partial charge on any atom is -0.272 e. The molecule has 0 aromatic heterocycles. The highest BCUT2D eigenvalue weighted by molar-refractivity contribution is 6.36. The Bertz CT molecular complexity index is 736. The molecule has 0 bridgehead atoms. The minimum atomic E-state index is -0.468. The van der Waals surface area contributed by atoms with Crippen LogP contribution in [0.1, 0.15) is 23.5 Å². The van der Waals surface area contributed by atoms with Crippen LogP contribution in [0.2, 0.25) is 15.1 Å². The van der Waals surface area contributed by atoms with Crippen molar-refractivity contribution >= 4 is 46.4 Å². The third-order valence-corrected chi connectivity index (χ3v) is 4.45. The van der Waals surface area contributed by atoms with E-state index in [0.29, 0.717) is 27.1 Å². The van der Waals surface area contributed by atoms with Gasteiger partial charge >= 0.3 is 0 Å². The van der Waals surface area contributed by atoms with Gasteiger partial charge in [0.05, 0.1) is 11.6 Å². The summed E-state index contributed by atoms with van der Waals surface area (Å²) in [5.41, 5.74) is 4.84. The number of hydrogen-bond donors (Lipinski definition) is 1. The fourth-order valence-corrected chi connectivity index (χ4v) is 3.22. The highest BCUT2D eigenvalue weighted by atomic mass is 35.5. The molecule has 3 nitrogen and oxygen atoms in total. The molecule has 1 amide bonds. The van der Waals surface area contributed by atoms with E-state index in [9.17, 15) is 4.79 Å². The third-order valence-electron chi connectivity index (χ3n) is 3.54. The van der Waals surface area contributed by atoms with E-state index in [1.165, 1.54) is 0 Å². The van der Waals surface area contributed by atoms with Gasteiger partial charge in [-0.2, -0.15) is 5.10 Å². The monoisotopic (exact) mass is 352 g/mol. The number of halogens is 3. The van der Waals surface area contributed by atoms with E-state index in [0.717, 1.165) is 11.3 Å². The summed E-state index contributed by atoms with van der Waals surface area (Å²) in [6, 6.07) is 12.5. The lowest BCUT2D eigenvalue weighted by Gasteiger charge is -2.23. The lowest BCUT2D eigenvalue weighted by atomic mass is 9.89. The first-order valence-electron chi connectivity index (χ1n) is 6.62. The Balaban J connectivity index is 1.96. The Morgan fingerprint density at radius 1 is 1.00 bits per heavy atom.